The Morgan fingerprint density at radius 1 is 1.06 bits per heavy atom. The highest BCUT2D eigenvalue weighted by atomic mass is 35.5. The summed E-state index contributed by atoms with van der Waals surface area (Å²) in [6.07, 6.45) is 0.774. The summed E-state index contributed by atoms with van der Waals surface area (Å²) in [4.78, 5) is 15.1. The minimum absolute atomic E-state index is 0.132. The van der Waals surface area contributed by atoms with Gasteiger partial charge in [0.1, 0.15) is 0 Å². The summed E-state index contributed by atoms with van der Waals surface area (Å²) in [5.41, 5.74) is 8.88. The number of carbonyl (C=O) groups is 1. The Balaban J connectivity index is 1.76. The fourth-order valence-electron chi connectivity index (χ4n) is 4.53. The lowest BCUT2D eigenvalue weighted by molar-refractivity contribution is 0.0411. The summed E-state index contributed by atoms with van der Waals surface area (Å²) in [6, 6.07) is 14.6. The van der Waals surface area contributed by atoms with Crippen molar-refractivity contribution in [1.82, 2.24) is 10.2 Å². The molecular weight excluding hydrogens is 441 g/mol. The number of amides is 1. The van der Waals surface area contributed by atoms with Gasteiger partial charge in [-0.2, -0.15) is 0 Å². The van der Waals surface area contributed by atoms with Crippen molar-refractivity contribution < 1.29 is 4.79 Å². The van der Waals surface area contributed by atoms with E-state index >= 15 is 0 Å². The number of piperidine rings is 1. The van der Waals surface area contributed by atoms with Crippen LogP contribution in [-0.4, -0.2) is 29.9 Å². The van der Waals surface area contributed by atoms with Crippen LogP contribution in [0.4, 0.5) is 0 Å². The van der Waals surface area contributed by atoms with Crippen molar-refractivity contribution >= 4 is 29.1 Å². The van der Waals surface area contributed by atoms with Crippen LogP contribution in [0.3, 0.4) is 0 Å². The molecule has 0 aliphatic carbocycles. The van der Waals surface area contributed by atoms with Crippen LogP contribution in [-0.2, 0) is 5.54 Å². The summed E-state index contributed by atoms with van der Waals surface area (Å²) in [6.45, 7) is 14.5. The molecule has 1 heterocycles. The number of rotatable bonds is 6. The molecule has 0 saturated carbocycles. The lowest BCUT2D eigenvalue weighted by atomic mass is 9.64. The zero-order valence-electron chi connectivity index (χ0n) is 19.3. The van der Waals surface area contributed by atoms with E-state index in [1.165, 1.54) is 0 Å². The van der Waals surface area contributed by atoms with Gasteiger partial charge < -0.3 is 16.0 Å². The Kier molecular flexibility index (Phi) is 7.28. The van der Waals surface area contributed by atoms with Crippen LogP contribution in [0.1, 0.15) is 50.0 Å². The normalized spacial score (nSPS) is 21.3. The van der Waals surface area contributed by atoms with Crippen LogP contribution in [0, 0.1) is 11.3 Å². The van der Waals surface area contributed by atoms with Crippen molar-refractivity contribution in [2.45, 2.75) is 45.7 Å². The largest absolute Gasteiger partial charge is 0.373 e. The molecule has 0 spiro atoms. The fraction of sp³-hybridized carbons (Fsp3) is 0.423. The van der Waals surface area contributed by atoms with E-state index in [1.807, 2.05) is 24.3 Å². The second-order valence-electron chi connectivity index (χ2n) is 9.73. The number of halogens is 2. The molecule has 1 aliphatic heterocycles. The molecule has 3 rings (SSSR count). The number of nitrogens with one attached hydrogen (secondary N) is 1. The predicted molar refractivity (Wildman–Crippen MR) is 134 cm³/mol. The predicted octanol–water partition coefficient (Wildman–Crippen LogP) is 5.85. The number of likely N-dealkylation sites (tertiary alicyclic amines) is 1. The molecule has 2 atom stereocenters. The van der Waals surface area contributed by atoms with Gasteiger partial charge in [-0.1, -0.05) is 69.6 Å². The molecule has 4 nitrogen and oxygen atoms in total. The minimum Gasteiger partial charge on any atom is -0.373 e. The Labute approximate surface area is 201 Å². The minimum atomic E-state index is -0.478. The number of hydrogen-bond donors (Lipinski definition) is 2. The van der Waals surface area contributed by atoms with E-state index in [9.17, 15) is 4.79 Å². The van der Waals surface area contributed by atoms with Crippen LogP contribution in [0.15, 0.2) is 60.8 Å². The van der Waals surface area contributed by atoms with Gasteiger partial charge in [-0.25, -0.2) is 0 Å². The Morgan fingerprint density at radius 3 is 2.09 bits per heavy atom. The van der Waals surface area contributed by atoms with Gasteiger partial charge in [0.2, 0.25) is 0 Å². The monoisotopic (exact) mass is 473 g/mol. The molecule has 2 aromatic carbocycles. The second kappa shape index (κ2) is 9.46. The summed E-state index contributed by atoms with van der Waals surface area (Å²) in [7, 11) is 0. The van der Waals surface area contributed by atoms with Crippen LogP contribution in [0.25, 0.3) is 0 Å². The molecule has 32 heavy (non-hydrogen) atoms. The Morgan fingerprint density at radius 2 is 1.59 bits per heavy atom. The number of benzene rings is 2. The van der Waals surface area contributed by atoms with E-state index in [4.69, 9.17) is 28.9 Å². The van der Waals surface area contributed by atoms with Crippen LogP contribution in [0.5, 0.6) is 0 Å². The van der Waals surface area contributed by atoms with Gasteiger partial charge >= 0.3 is 0 Å². The number of nitrogens with zero attached hydrogens (tertiary/aromatic N) is 1. The van der Waals surface area contributed by atoms with Crippen molar-refractivity contribution in [2.24, 2.45) is 17.1 Å². The third-order valence-corrected chi connectivity index (χ3v) is 7.26. The van der Waals surface area contributed by atoms with Crippen molar-refractivity contribution in [3.8, 4) is 0 Å². The van der Waals surface area contributed by atoms with Gasteiger partial charge in [0.15, 0.2) is 0 Å². The van der Waals surface area contributed by atoms with Crippen LogP contribution in [0.2, 0.25) is 10.0 Å². The van der Waals surface area contributed by atoms with E-state index in [0.717, 1.165) is 30.8 Å². The quantitative estimate of drug-likeness (QED) is 0.553. The summed E-state index contributed by atoms with van der Waals surface area (Å²) >= 11 is 12.0. The van der Waals surface area contributed by atoms with Gasteiger partial charge in [-0.15, -0.1) is 0 Å². The molecule has 2 aromatic rings. The van der Waals surface area contributed by atoms with Crippen molar-refractivity contribution in [3.05, 3.63) is 82.0 Å². The molecule has 6 heteroatoms. The SMILES string of the molecule is C=C([C@H](NC(=O)c1ccc(Cl)cc1)C(C)C)N1CC[C@](N)(c2ccc(Cl)cc2)C(C)(C)C1. The molecule has 3 N–H and O–H groups in total. The molecule has 1 aliphatic rings. The topological polar surface area (TPSA) is 58.4 Å². The lowest BCUT2D eigenvalue weighted by Gasteiger charge is -2.53. The van der Waals surface area contributed by atoms with E-state index in [1.54, 1.807) is 24.3 Å². The average molecular weight is 474 g/mol. The molecule has 0 aromatic heterocycles. The maximum atomic E-state index is 12.9. The third-order valence-electron chi connectivity index (χ3n) is 6.75. The van der Waals surface area contributed by atoms with Gasteiger partial charge in [-0.05, 0) is 54.3 Å². The number of nitrogens with two attached hydrogens (primary N) is 1. The molecule has 1 fully saturated rings. The Bertz CT molecular complexity index is 970. The zero-order chi connectivity index (χ0) is 23.7. The summed E-state index contributed by atoms with van der Waals surface area (Å²) in [5.74, 6) is 0.0508. The summed E-state index contributed by atoms with van der Waals surface area (Å²) in [5, 5.41) is 4.48. The van der Waals surface area contributed by atoms with Crippen molar-refractivity contribution in [3.63, 3.8) is 0 Å². The fourth-order valence-corrected chi connectivity index (χ4v) is 4.78. The maximum Gasteiger partial charge on any atom is 0.251 e. The molecule has 0 radical (unpaired) electrons. The van der Waals surface area contributed by atoms with E-state index < -0.39 is 5.54 Å². The van der Waals surface area contributed by atoms with E-state index in [-0.39, 0.29) is 23.3 Å². The number of hydrogen-bond acceptors (Lipinski definition) is 3. The maximum absolute atomic E-state index is 12.9. The average Bonchev–Trinajstić information content (AvgIpc) is 2.74. The van der Waals surface area contributed by atoms with E-state index in [2.05, 4.69) is 44.5 Å². The molecular formula is C26H33Cl2N3O. The van der Waals surface area contributed by atoms with Crippen LogP contribution >= 0.6 is 23.2 Å². The first-order valence-corrected chi connectivity index (χ1v) is 11.8. The molecule has 1 amide bonds. The summed E-state index contributed by atoms with van der Waals surface area (Å²) < 4.78 is 0. The standard InChI is InChI=1S/C26H33Cl2N3O/c1-17(2)23(30-24(32)19-6-10-21(27)11-7-19)18(3)31-15-14-26(29,25(4,5)16-31)20-8-12-22(28)13-9-20/h6-13,17,23H,3,14-16,29H2,1-2,4-5H3,(H,30,32)/t23-,26+/m1/s1. The van der Waals surface area contributed by atoms with Gasteiger partial charge in [0, 0.05) is 45.3 Å². The lowest BCUT2D eigenvalue weighted by Crippen LogP contribution is -2.61. The van der Waals surface area contributed by atoms with Crippen molar-refractivity contribution in [1.29, 1.82) is 0 Å². The van der Waals surface area contributed by atoms with Crippen LogP contribution < -0.4 is 11.1 Å². The molecule has 0 unspecified atom stereocenters. The van der Waals surface area contributed by atoms with Gasteiger partial charge in [0.05, 0.1) is 6.04 Å². The number of carbonyl (C=O) groups excluding carboxylic acids is 1. The van der Waals surface area contributed by atoms with Gasteiger partial charge in [-0.3, -0.25) is 4.79 Å². The molecule has 172 valence electrons. The third kappa shape index (κ3) is 4.98. The Hall–Kier alpha value is -2.01. The first-order chi connectivity index (χ1) is 14.9. The highest BCUT2D eigenvalue weighted by Gasteiger charge is 2.48. The van der Waals surface area contributed by atoms with E-state index in [0.29, 0.717) is 15.6 Å². The highest BCUT2D eigenvalue weighted by Crippen LogP contribution is 2.45. The first-order valence-electron chi connectivity index (χ1n) is 11.0. The van der Waals surface area contributed by atoms with Crippen molar-refractivity contribution in [2.75, 3.05) is 13.1 Å². The first kappa shape index (κ1) is 24.6. The molecule has 1 saturated heterocycles. The molecule has 0 bridgehead atoms. The second-order valence-corrected chi connectivity index (χ2v) is 10.6. The smallest absolute Gasteiger partial charge is 0.251 e. The van der Waals surface area contributed by atoms with Gasteiger partial charge in [0.25, 0.3) is 5.91 Å². The zero-order valence-corrected chi connectivity index (χ0v) is 20.8. The highest BCUT2D eigenvalue weighted by molar-refractivity contribution is 6.30.